The molecule has 0 aliphatic carbocycles. The van der Waals surface area contributed by atoms with Crippen LogP contribution in [0.5, 0.6) is 0 Å². The summed E-state index contributed by atoms with van der Waals surface area (Å²) < 4.78 is 68.0. The van der Waals surface area contributed by atoms with Gasteiger partial charge in [-0.2, -0.15) is 22.0 Å². The first-order chi connectivity index (χ1) is 8.75. The van der Waals surface area contributed by atoms with E-state index in [-0.39, 0.29) is 5.56 Å². The fourth-order valence-corrected chi connectivity index (χ4v) is 1.54. The average Bonchev–Trinajstić information content (AvgIpc) is 2.71. The number of nitrogens with zero attached hydrogens (tertiary/aromatic N) is 1. The number of benzene rings is 1. The lowest BCUT2D eigenvalue weighted by Gasteiger charge is -2.18. The van der Waals surface area contributed by atoms with Gasteiger partial charge in [0.15, 0.2) is 5.69 Å². The third-order valence-corrected chi connectivity index (χ3v) is 2.43. The van der Waals surface area contributed by atoms with Crippen LogP contribution < -0.4 is 5.73 Å². The van der Waals surface area contributed by atoms with E-state index in [1.165, 1.54) is 24.3 Å². The summed E-state index contributed by atoms with van der Waals surface area (Å²) in [4.78, 5) is 0. The SMILES string of the molecule is Nc1onc(C(F)(F)C(F)(F)F)c1-c1ccccc1. The van der Waals surface area contributed by atoms with Crippen LogP contribution in [0.4, 0.5) is 27.8 Å². The fourth-order valence-electron chi connectivity index (χ4n) is 1.54. The molecule has 0 aliphatic heterocycles. The Labute approximate surface area is 103 Å². The Morgan fingerprint density at radius 1 is 1.00 bits per heavy atom. The minimum Gasteiger partial charge on any atom is -0.367 e. The smallest absolute Gasteiger partial charge is 0.367 e. The van der Waals surface area contributed by atoms with Crippen molar-refractivity contribution in [3.63, 3.8) is 0 Å². The highest BCUT2D eigenvalue weighted by Gasteiger charge is 2.62. The molecule has 0 atom stereocenters. The molecule has 0 amide bonds. The van der Waals surface area contributed by atoms with Gasteiger partial charge in [-0.15, -0.1) is 0 Å². The van der Waals surface area contributed by atoms with Gasteiger partial charge < -0.3 is 10.3 Å². The molecule has 102 valence electrons. The Bertz CT molecular complexity index is 577. The highest BCUT2D eigenvalue weighted by molar-refractivity contribution is 5.75. The van der Waals surface area contributed by atoms with E-state index in [1.54, 1.807) is 6.07 Å². The predicted molar refractivity (Wildman–Crippen MR) is 56.3 cm³/mol. The first-order valence-corrected chi connectivity index (χ1v) is 5.00. The topological polar surface area (TPSA) is 52.0 Å². The van der Waals surface area contributed by atoms with Crippen LogP contribution in [0, 0.1) is 0 Å². The second kappa shape index (κ2) is 4.22. The van der Waals surface area contributed by atoms with Crippen molar-refractivity contribution in [1.82, 2.24) is 5.16 Å². The van der Waals surface area contributed by atoms with Gasteiger partial charge in [0, 0.05) is 0 Å². The Kier molecular flexibility index (Phi) is 2.95. The molecule has 1 heterocycles. The van der Waals surface area contributed by atoms with Crippen LogP contribution in [0.3, 0.4) is 0 Å². The van der Waals surface area contributed by atoms with Gasteiger partial charge in [-0.1, -0.05) is 35.5 Å². The number of nitrogens with two attached hydrogens (primary N) is 1. The van der Waals surface area contributed by atoms with E-state index in [2.05, 4.69) is 9.68 Å². The van der Waals surface area contributed by atoms with Crippen LogP contribution in [0.15, 0.2) is 34.9 Å². The quantitative estimate of drug-likeness (QED) is 0.854. The van der Waals surface area contributed by atoms with E-state index in [0.29, 0.717) is 0 Å². The molecule has 0 bridgehead atoms. The number of rotatable bonds is 2. The van der Waals surface area contributed by atoms with Gasteiger partial charge >= 0.3 is 12.1 Å². The molecular weight excluding hydrogens is 271 g/mol. The van der Waals surface area contributed by atoms with E-state index in [9.17, 15) is 22.0 Å². The molecule has 0 saturated carbocycles. The summed E-state index contributed by atoms with van der Waals surface area (Å²) in [5.41, 5.74) is 3.26. The molecule has 0 saturated heterocycles. The Balaban J connectivity index is 2.63. The van der Waals surface area contributed by atoms with Gasteiger partial charge in [0.25, 0.3) is 0 Å². The molecule has 0 fully saturated rings. The zero-order valence-electron chi connectivity index (χ0n) is 9.21. The standard InChI is InChI=1S/C11H7F5N2O/c12-10(13,11(14,15)16)8-7(9(17)19-18-8)6-4-2-1-3-5-6/h1-5H,17H2. The normalized spacial score (nSPS) is 12.7. The molecule has 1 aromatic heterocycles. The maximum Gasteiger partial charge on any atom is 0.459 e. The van der Waals surface area contributed by atoms with Crippen LogP contribution in [0.25, 0.3) is 11.1 Å². The number of anilines is 1. The molecule has 0 aliphatic rings. The summed E-state index contributed by atoms with van der Waals surface area (Å²) in [6.45, 7) is 0. The molecule has 0 radical (unpaired) electrons. The lowest BCUT2D eigenvalue weighted by molar-refractivity contribution is -0.291. The van der Waals surface area contributed by atoms with Crippen molar-refractivity contribution < 1.29 is 26.5 Å². The maximum absolute atomic E-state index is 13.3. The predicted octanol–water partition coefficient (Wildman–Crippen LogP) is 3.58. The maximum atomic E-state index is 13.3. The molecule has 2 aromatic rings. The molecule has 0 spiro atoms. The minimum absolute atomic E-state index is 0.0696. The first kappa shape index (κ1) is 13.3. The van der Waals surface area contributed by atoms with Gasteiger partial charge in [-0.25, -0.2) is 0 Å². The van der Waals surface area contributed by atoms with Gasteiger partial charge in [0.05, 0.1) is 5.56 Å². The molecule has 0 unspecified atom stereocenters. The van der Waals surface area contributed by atoms with Gasteiger partial charge in [-0.3, -0.25) is 0 Å². The van der Waals surface area contributed by atoms with E-state index >= 15 is 0 Å². The van der Waals surface area contributed by atoms with E-state index in [0.717, 1.165) is 0 Å². The highest BCUT2D eigenvalue weighted by atomic mass is 19.4. The highest BCUT2D eigenvalue weighted by Crippen LogP contribution is 2.47. The zero-order chi connectivity index (χ0) is 14.3. The number of aromatic nitrogens is 1. The largest absolute Gasteiger partial charge is 0.459 e. The number of hydrogen-bond donors (Lipinski definition) is 1. The van der Waals surface area contributed by atoms with E-state index in [1.807, 2.05) is 0 Å². The van der Waals surface area contributed by atoms with Crippen molar-refractivity contribution in [2.75, 3.05) is 5.73 Å². The summed E-state index contributed by atoms with van der Waals surface area (Å²) in [6, 6.07) is 7.18. The Hall–Kier alpha value is -2.12. The minimum atomic E-state index is -5.78. The zero-order valence-corrected chi connectivity index (χ0v) is 9.21. The number of hydrogen-bond acceptors (Lipinski definition) is 3. The number of nitrogen functional groups attached to an aromatic ring is 1. The fraction of sp³-hybridized carbons (Fsp3) is 0.182. The molecule has 2 rings (SSSR count). The lowest BCUT2D eigenvalue weighted by atomic mass is 10.0. The van der Waals surface area contributed by atoms with Crippen molar-refractivity contribution in [2.45, 2.75) is 12.1 Å². The van der Waals surface area contributed by atoms with Crippen LogP contribution in [-0.2, 0) is 5.92 Å². The molecule has 3 nitrogen and oxygen atoms in total. The van der Waals surface area contributed by atoms with Gasteiger partial charge in [-0.05, 0) is 5.56 Å². The third-order valence-electron chi connectivity index (χ3n) is 2.43. The molecule has 2 N–H and O–H groups in total. The monoisotopic (exact) mass is 278 g/mol. The molecule has 19 heavy (non-hydrogen) atoms. The molecule has 1 aromatic carbocycles. The van der Waals surface area contributed by atoms with Gasteiger partial charge in [0.2, 0.25) is 5.88 Å². The van der Waals surface area contributed by atoms with Crippen molar-refractivity contribution in [1.29, 1.82) is 0 Å². The van der Waals surface area contributed by atoms with Crippen molar-refractivity contribution in [2.24, 2.45) is 0 Å². The molecular formula is C11H7F5N2O. The van der Waals surface area contributed by atoms with Crippen molar-refractivity contribution in [3.8, 4) is 11.1 Å². The van der Waals surface area contributed by atoms with E-state index < -0.39 is 29.2 Å². The first-order valence-electron chi connectivity index (χ1n) is 5.00. The summed E-state index contributed by atoms with van der Waals surface area (Å²) in [7, 11) is 0. The second-order valence-corrected chi connectivity index (χ2v) is 3.71. The number of alkyl halides is 5. The Morgan fingerprint density at radius 3 is 2.11 bits per heavy atom. The lowest BCUT2D eigenvalue weighted by Crippen LogP contribution is -2.34. The second-order valence-electron chi connectivity index (χ2n) is 3.71. The summed E-state index contributed by atoms with van der Waals surface area (Å²) in [5.74, 6) is -5.73. The Morgan fingerprint density at radius 2 is 1.58 bits per heavy atom. The van der Waals surface area contributed by atoms with E-state index in [4.69, 9.17) is 5.73 Å². The summed E-state index contributed by atoms with van der Waals surface area (Å²) >= 11 is 0. The van der Waals surface area contributed by atoms with Crippen LogP contribution >= 0.6 is 0 Å². The number of halogens is 5. The average molecular weight is 278 g/mol. The van der Waals surface area contributed by atoms with Gasteiger partial charge in [0.1, 0.15) is 0 Å². The summed E-state index contributed by atoms with van der Waals surface area (Å²) in [5, 5.41) is 2.76. The molecule has 8 heteroatoms. The van der Waals surface area contributed by atoms with Crippen molar-refractivity contribution >= 4 is 5.88 Å². The van der Waals surface area contributed by atoms with Crippen LogP contribution in [-0.4, -0.2) is 11.3 Å². The third kappa shape index (κ3) is 2.13. The van der Waals surface area contributed by atoms with Crippen molar-refractivity contribution in [3.05, 3.63) is 36.0 Å². The van der Waals surface area contributed by atoms with Crippen LogP contribution in [0.1, 0.15) is 5.69 Å². The van der Waals surface area contributed by atoms with Crippen LogP contribution in [0.2, 0.25) is 0 Å². The summed E-state index contributed by atoms with van der Waals surface area (Å²) in [6.07, 6.45) is -5.78.